The van der Waals surface area contributed by atoms with E-state index in [1.807, 2.05) is 41.1 Å². The Labute approximate surface area is 218 Å². The zero-order valence-electron chi connectivity index (χ0n) is 20.9. The topological polar surface area (TPSA) is 123 Å². The van der Waals surface area contributed by atoms with E-state index in [4.69, 9.17) is 9.72 Å². The summed E-state index contributed by atoms with van der Waals surface area (Å²) in [7, 11) is -6.09. The summed E-state index contributed by atoms with van der Waals surface area (Å²) in [5.74, 6) is 2.34. The molecular formula is C25H33N5O5S2. The fourth-order valence-electron chi connectivity index (χ4n) is 5.28. The number of sulfone groups is 1. The van der Waals surface area contributed by atoms with Crippen LogP contribution in [0.3, 0.4) is 0 Å². The summed E-state index contributed by atoms with van der Waals surface area (Å²) in [6.07, 6.45) is 9.47. The van der Waals surface area contributed by atoms with Gasteiger partial charge in [0.2, 0.25) is 16.0 Å². The highest BCUT2D eigenvalue weighted by Gasteiger charge is 2.36. The van der Waals surface area contributed by atoms with Gasteiger partial charge in [0.1, 0.15) is 21.4 Å². The molecule has 1 aliphatic carbocycles. The second-order valence-electron chi connectivity index (χ2n) is 9.88. The van der Waals surface area contributed by atoms with Gasteiger partial charge in [0, 0.05) is 42.7 Å². The molecule has 0 atom stereocenters. The van der Waals surface area contributed by atoms with Crippen LogP contribution in [0.25, 0.3) is 16.7 Å². The van der Waals surface area contributed by atoms with Gasteiger partial charge in [0.05, 0.1) is 23.6 Å². The van der Waals surface area contributed by atoms with E-state index in [9.17, 15) is 16.8 Å². The molecule has 0 spiro atoms. The van der Waals surface area contributed by atoms with Crippen LogP contribution in [0.2, 0.25) is 0 Å². The Kier molecular flexibility index (Phi) is 7.42. The first kappa shape index (κ1) is 25.9. The van der Waals surface area contributed by atoms with Crippen LogP contribution in [0.5, 0.6) is 5.75 Å². The van der Waals surface area contributed by atoms with Crippen molar-refractivity contribution in [1.82, 2.24) is 18.8 Å². The molecule has 0 amide bonds. The molecule has 0 unspecified atom stereocenters. The number of fused-ring (bicyclic) bond motifs is 1. The van der Waals surface area contributed by atoms with Gasteiger partial charge in [-0.2, -0.15) is 9.29 Å². The van der Waals surface area contributed by atoms with Gasteiger partial charge in [-0.05, 0) is 62.8 Å². The minimum atomic E-state index is -3.08. The molecule has 12 heteroatoms. The van der Waals surface area contributed by atoms with Gasteiger partial charge >= 0.3 is 0 Å². The van der Waals surface area contributed by atoms with Gasteiger partial charge in [0.15, 0.2) is 0 Å². The van der Waals surface area contributed by atoms with Gasteiger partial charge < -0.3 is 14.6 Å². The number of nitrogens with zero attached hydrogens (tertiary/aromatic N) is 4. The van der Waals surface area contributed by atoms with Crippen molar-refractivity contribution in [1.29, 1.82) is 0 Å². The molecule has 0 bridgehead atoms. The van der Waals surface area contributed by atoms with Gasteiger partial charge in [-0.25, -0.2) is 21.8 Å². The molecule has 2 aromatic heterocycles. The fraction of sp³-hybridized carbons (Fsp3) is 0.520. The largest absolute Gasteiger partial charge is 0.493 e. The highest BCUT2D eigenvalue weighted by Crippen LogP contribution is 2.31. The standard InChI is InChI=1S/C25H33N5O5S2/c1-36(31,32)17-4-16-35-23-6-2-5-22-21(23)12-15-29(22)24-11-13-26-25(28-24)27-19-7-9-20(10-8-19)30-14-3-18-37(30,33)34/h2,5-6,11-13,15,19-20H,3-4,7-10,14,16-18H2,1H3,(H,26,27,28). The summed E-state index contributed by atoms with van der Waals surface area (Å²) in [4.78, 5) is 9.15. The van der Waals surface area contributed by atoms with Crippen LogP contribution in [-0.4, -0.2) is 78.7 Å². The summed E-state index contributed by atoms with van der Waals surface area (Å²) in [5, 5.41) is 4.37. The van der Waals surface area contributed by atoms with E-state index in [0.29, 0.717) is 31.3 Å². The van der Waals surface area contributed by atoms with Crippen LogP contribution < -0.4 is 10.1 Å². The summed E-state index contributed by atoms with van der Waals surface area (Å²) in [6.45, 7) is 0.972. The van der Waals surface area contributed by atoms with Crippen LogP contribution in [0.1, 0.15) is 38.5 Å². The molecule has 0 radical (unpaired) electrons. The molecular weight excluding hydrogens is 514 g/mol. The molecule has 2 aliphatic rings. The van der Waals surface area contributed by atoms with Crippen LogP contribution in [0.4, 0.5) is 5.95 Å². The van der Waals surface area contributed by atoms with E-state index in [2.05, 4.69) is 10.3 Å². The quantitative estimate of drug-likeness (QED) is 0.406. The van der Waals surface area contributed by atoms with Gasteiger partial charge in [0.25, 0.3) is 0 Å². The number of hydrogen-bond donors (Lipinski definition) is 1. The van der Waals surface area contributed by atoms with E-state index in [1.165, 1.54) is 6.26 Å². The van der Waals surface area contributed by atoms with Crippen molar-refractivity contribution in [2.45, 2.75) is 50.6 Å². The van der Waals surface area contributed by atoms with Crippen LogP contribution in [0.15, 0.2) is 42.7 Å². The predicted octanol–water partition coefficient (Wildman–Crippen LogP) is 2.99. The number of sulfonamides is 1. The number of anilines is 1. The molecule has 1 aliphatic heterocycles. The third-order valence-corrected chi connectivity index (χ3v) is 10.1. The minimum absolute atomic E-state index is 0.0969. The normalized spacial score (nSPS) is 22.3. The lowest BCUT2D eigenvalue weighted by Crippen LogP contribution is -2.41. The molecule has 1 saturated heterocycles. The van der Waals surface area contributed by atoms with Crippen molar-refractivity contribution in [3.8, 4) is 11.6 Å². The first-order chi connectivity index (χ1) is 17.7. The number of hydrogen-bond acceptors (Lipinski definition) is 8. The Balaban J connectivity index is 1.24. The number of nitrogens with one attached hydrogen (secondary N) is 1. The molecule has 5 rings (SSSR count). The summed E-state index contributed by atoms with van der Waals surface area (Å²) in [6, 6.07) is 9.89. The van der Waals surface area contributed by atoms with E-state index in [1.54, 1.807) is 10.5 Å². The Morgan fingerprint density at radius 2 is 1.95 bits per heavy atom. The summed E-state index contributed by atoms with van der Waals surface area (Å²) >= 11 is 0. The van der Waals surface area contributed by atoms with E-state index >= 15 is 0 Å². The van der Waals surface area contributed by atoms with Crippen molar-refractivity contribution in [2.75, 3.05) is 36.2 Å². The first-order valence-electron chi connectivity index (χ1n) is 12.7. The van der Waals surface area contributed by atoms with Crippen molar-refractivity contribution in [3.63, 3.8) is 0 Å². The molecule has 3 aromatic rings. The number of rotatable bonds is 9. The van der Waals surface area contributed by atoms with E-state index in [-0.39, 0.29) is 23.6 Å². The highest BCUT2D eigenvalue weighted by molar-refractivity contribution is 7.90. The second kappa shape index (κ2) is 10.6. The molecule has 1 saturated carbocycles. The Morgan fingerprint density at radius 1 is 1.14 bits per heavy atom. The SMILES string of the molecule is CS(=O)(=O)CCCOc1cccc2c1ccn2-c1ccnc(NC2CCC(N3CCCS3(=O)=O)CC2)n1. The molecule has 10 nitrogen and oxygen atoms in total. The minimum Gasteiger partial charge on any atom is -0.493 e. The average molecular weight is 548 g/mol. The van der Waals surface area contributed by atoms with E-state index < -0.39 is 19.9 Å². The average Bonchev–Trinajstić information content (AvgIpc) is 3.45. The Bertz CT molecular complexity index is 1460. The first-order valence-corrected chi connectivity index (χ1v) is 16.4. The lowest BCUT2D eigenvalue weighted by Gasteiger charge is -2.33. The highest BCUT2D eigenvalue weighted by atomic mass is 32.2. The third kappa shape index (κ3) is 6.07. The molecule has 1 N–H and O–H groups in total. The zero-order chi connectivity index (χ0) is 26.0. The monoisotopic (exact) mass is 547 g/mol. The van der Waals surface area contributed by atoms with Crippen LogP contribution >= 0.6 is 0 Å². The molecule has 3 heterocycles. The lowest BCUT2D eigenvalue weighted by molar-refractivity contribution is 0.257. The fourth-order valence-corrected chi connectivity index (χ4v) is 7.72. The zero-order valence-corrected chi connectivity index (χ0v) is 22.5. The van der Waals surface area contributed by atoms with E-state index in [0.717, 1.165) is 48.8 Å². The summed E-state index contributed by atoms with van der Waals surface area (Å²) in [5.41, 5.74) is 0.928. The molecule has 37 heavy (non-hydrogen) atoms. The smallest absolute Gasteiger partial charge is 0.224 e. The maximum absolute atomic E-state index is 12.3. The third-order valence-electron chi connectivity index (χ3n) is 7.07. The van der Waals surface area contributed by atoms with Gasteiger partial charge in [-0.15, -0.1) is 0 Å². The number of benzene rings is 1. The van der Waals surface area contributed by atoms with Gasteiger partial charge in [-0.1, -0.05) is 6.07 Å². The van der Waals surface area contributed by atoms with Crippen molar-refractivity contribution < 1.29 is 21.6 Å². The van der Waals surface area contributed by atoms with Crippen molar-refractivity contribution in [2.24, 2.45) is 0 Å². The Hall–Kier alpha value is -2.70. The number of ether oxygens (including phenoxy) is 1. The van der Waals surface area contributed by atoms with Crippen LogP contribution in [0, 0.1) is 0 Å². The maximum atomic E-state index is 12.3. The molecule has 2 fully saturated rings. The van der Waals surface area contributed by atoms with Crippen LogP contribution in [-0.2, 0) is 19.9 Å². The van der Waals surface area contributed by atoms with Crippen molar-refractivity contribution >= 4 is 36.7 Å². The lowest BCUT2D eigenvalue weighted by atomic mass is 9.91. The summed E-state index contributed by atoms with van der Waals surface area (Å²) < 4.78 is 56.8. The Morgan fingerprint density at radius 3 is 2.68 bits per heavy atom. The molecule has 1 aromatic carbocycles. The predicted molar refractivity (Wildman–Crippen MR) is 143 cm³/mol. The van der Waals surface area contributed by atoms with Gasteiger partial charge in [-0.3, -0.25) is 0 Å². The number of aromatic nitrogens is 3. The van der Waals surface area contributed by atoms with Crippen molar-refractivity contribution in [3.05, 3.63) is 42.7 Å². The second-order valence-corrected chi connectivity index (χ2v) is 14.2. The maximum Gasteiger partial charge on any atom is 0.224 e. The molecule has 200 valence electrons.